The van der Waals surface area contributed by atoms with Crippen molar-refractivity contribution >= 4 is 29.1 Å². The summed E-state index contributed by atoms with van der Waals surface area (Å²) in [6, 6.07) is 12.7. The van der Waals surface area contributed by atoms with E-state index in [4.69, 9.17) is 14.5 Å². The number of imidazole rings is 1. The van der Waals surface area contributed by atoms with Gasteiger partial charge >= 0.3 is 0 Å². The Balaban J connectivity index is 1.35. The smallest absolute Gasteiger partial charge is 0.180 e. The lowest BCUT2D eigenvalue weighted by Crippen LogP contribution is -2.36. The van der Waals surface area contributed by atoms with Crippen molar-refractivity contribution in [3.8, 4) is 11.3 Å². The molecular weight excluding hydrogens is 428 g/mol. The Morgan fingerprint density at radius 1 is 1.12 bits per heavy atom. The molecule has 1 fully saturated rings. The summed E-state index contributed by atoms with van der Waals surface area (Å²) < 4.78 is 13.0. The number of hydrogen-bond acceptors (Lipinski definition) is 7. The minimum atomic E-state index is 0.533. The third kappa shape index (κ3) is 3.91. The number of fused-ring (bicyclic) bond motifs is 2. The van der Waals surface area contributed by atoms with Crippen LogP contribution in [0.15, 0.2) is 60.0 Å². The zero-order valence-electron chi connectivity index (χ0n) is 19.1. The second-order valence-electron chi connectivity index (χ2n) is 8.52. The molecule has 2 aliphatic heterocycles. The Morgan fingerprint density at radius 2 is 2.03 bits per heavy atom. The first-order valence-corrected chi connectivity index (χ1v) is 11.5. The number of rotatable bonds is 6. The molecule has 0 unspecified atom stereocenters. The van der Waals surface area contributed by atoms with Gasteiger partial charge in [-0.25, -0.2) is 9.97 Å². The van der Waals surface area contributed by atoms with Gasteiger partial charge in [0.1, 0.15) is 0 Å². The number of benzene rings is 2. The Hall–Kier alpha value is -3.75. The molecule has 2 aliphatic rings. The van der Waals surface area contributed by atoms with Crippen molar-refractivity contribution in [2.75, 3.05) is 43.6 Å². The van der Waals surface area contributed by atoms with Crippen LogP contribution in [0, 0.1) is 0 Å². The molecule has 2 aromatic heterocycles. The van der Waals surface area contributed by atoms with E-state index >= 15 is 0 Å². The number of aromatic nitrogens is 3. The molecule has 0 atom stereocenters. The summed E-state index contributed by atoms with van der Waals surface area (Å²) >= 11 is 0. The number of aliphatic imine (C=N–C) groups is 1. The standard InChI is InChI=1S/C26H26N6O2/c1-33-17-21-13-22(4-5-24(21)31-8-10-34-11-9-31)29-25-26-28-6-7-32(26)16-23(30-25)18-2-3-19-14-27-15-20(19)12-18/h2-7,12-14,16H,8-11,15,17H2,1H3,(H,29,30). The molecule has 0 bridgehead atoms. The maximum Gasteiger partial charge on any atom is 0.180 e. The summed E-state index contributed by atoms with van der Waals surface area (Å²) in [7, 11) is 1.73. The second-order valence-corrected chi connectivity index (χ2v) is 8.52. The van der Waals surface area contributed by atoms with Crippen LogP contribution in [-0.2, 0) is 22.6 Å². The maximum absolute atomic E-state index is 5.52. The van der Waals surface area contributed by atoms with E-state index in [9.17, 15) is 0 Å². The molecule has 0 spiro atoms. The molecule has 0 amide bonds. The molecule has 4 aromatic rings. The van der Waals surface area contributed by atoms with Gasteiger partial charge < -0.3 is 24.1 Å². The van der Waals surface area contributed by atoms with Crippen molar-refractivity contribution in [1.82, 2.24) is 14.4 Å². The monoisotopic (exact) mass is 454 g/mol. The van der Waals surface area contributed by atoms with Gasteiger partial charge in [0.05, 0.1) is 32.1 Å². The van der Waals surface area contributed by atoms with E-state index in [1.165, 1.54) is 16.8 Å². The molecule has 1 saturated heterocycles. The van der Waals surface area contributed by atoms with Gasteiger partial charge in [0.15, 0.2) is 11.5 Å². The topological polar surface area (TPSA) is 76.3 Å². The van der Waals surface area contributed by atoms with E-state index in [0.717, 1.165) is 61.0 Å². The van der Waals surface area contributed by atoms with Crippen molar-refractivity contribution in [3.63, 3.8) is 0 Å². The summed E-state index contributed by atoms with van der Waals surface area (Å²) in [4.78, 5) is 16.2. The summed E-state index contributed by atoms with van der Waals surface area (Å²) in [6.07, 6.45) is 7.68. The fraction of sp³-hybridized carbons (Fsp3) is 0.269. The highest BCUT2D eigenvalue weighted by Crippen LogP contribution is 2.30. The van der Waals surface area contributed by atoms with Crippen LogP contribution in [0.4, 0.5) is 17.2 Å². The van der Waals surface area contributed by atoms with E-state index in [-0.39, 0.29) is 0 Å². The quantitative estimate of drug-likeness (QED) is 0.474. The number of nitrogens with zero attached hydrogens (tertiary/aromatic N) is 5. The van der Waals surface area contributed by atoms with Gasteiger partial charge in [0.2, 0.25) is 0 Å². The molecule has 8 nitrogen and oxygen atoms in total. The third-order valence-electron chi connectivity index (χ3n) is 6.30. The molecule has 4 heterocycles. The van der Waals surface area contributed by atoms with Gasteiger partial charge in [0.25, 0.3) is 0 Å². The van der Waals surface area contributed by atoms with Gasteiger partial charge in [-0.3, -0.25) is 4.99 Å². The van der Waals surface area contributed by atoms with Crippen LogP contribution < -0.4 is 10.2 Å². The SMILES string of the molecule is COCc1cc(Nc2nc(-c3ccc4c(c3)CN=C4)cn3ccnc23)ccc1N1CCOCC1. The number of ether oxygens (including phenoxy) is 2. The van der Waals surface area contributed by atoms with Gasteiger partial charge in [0, 0.05) is 67.5 Å². The van der Waals surface area contributed by atoms with Crippen LogP contribution in [-0.4, -0.2) is 54.0 Å². The number of methoxy groups -OCH3 is 1. The highest BCUT2D eigenvalue weighted by molar-refractivity contribution is 5.86. The number of nitrogens with one attached hydrogen (secondary N) is 1. The highest BCUT2D eigenvalue weighted by Gasteiger charge is 2.17. The highest BCUT2D eigenvalue weighted by atomic mass is 16.5. The predicted molar refractivity (Wildman–Crippen MR) is 133 cm³/mol. The van der Waals surface area contributed by atoms with Crippen LogP contribution in [0.25, 0.3) is 16.9 Å². The molecule has 1 N–H and O–H groups in total. The molecule has 172 valence electrons. The lowest BCUT2D eigenvalue weighted by Gasteiger charge is -2.30. The van der Waals surface area contributed by atoms with Gasteiger partial charge in [-0.2, -0.15) is 0 Å². The molecular formula is C26H26N6O2. The lowest BCUT2D eigenvalue weighted by molar-refractivity contribution is 0.122. The molecule has 2 aromatic carbocycles. The first kappa shape index (κ1) is 20.8. The van der Waals surface area contributed by atoms with E-state index in [0.29, 0.717) is 12.4 Å². The zero-order chi connectivity index (χ0) is 22.9. The average molecular weight is 455 g/mol. The molecule has 8 heteroatoms. The minimum absolute atomic E-state index is 0.533. The number of morpholine rings is 1. The fourth-order valence-electron chi connectivity index (χ4n) is 4.61. The summed E-state index contributed by atoms with van der Waals surface area (Å²) in [5.41, 5.74) is 8.38. The zero-order valence-corrected chi connectivity index (χ0v) is 19.1. The van der Waals surface area contributed by atoms with E-state index in [1.807, 2.05) is 23.0 Å². The van der Waals surface area contributed by atoms with Crippen LogP contribution in [0.3, 0.4) is 0 Å². The van der Waals surface area contributed by atoms with Crippen LogP contribution in [0.1, 0.15) is 16.7 Å². The molecule has 0 saturated carbocycles. The van der Waals surface area contributed by atoms with Crippen molar-refractivity contribution in [3.05, 3.63) is 71.7 Å². The Kier molecular flexibility index (Phi) is 5.44. The van der Waals surface area contributed by atoms with Crippen LogP contribution in [0.5, 0.6) is 0 Å². The predicted octanol–water partition coefficient (Wildman–Crippen LogP) is 4.06. The van der Waals surface area contributed by atoms with E-state index in [1.54, 1.807) is 13.3 Å². The van der Waals surface area contributed by atoms with E-state index < -0.39 is 0 Å². The minimum Gasteiger partial charge on any atom is -0.380 e. The third-order valence-corrected chi connectivity index (χ3v) is 6.30. The van der Waals surface area contributed by atoms with Gasteiger partial charge in [-0.05, 0) is 35.4 Å². The second kappa shape index (κ2) is 8.89. The van der Waals surface area contributed by atoms with E-state index in [2.05, 4.69) is 56.6 Å². The van der Waals surface area contributed by atoms with Crippen LogP contribution in [0.2, 0.25) is 0 Å². The van der Waals surface area contributed by atoms with Crippen molar-refractivity contribution in [2.24, 2.45) is 4.99 Å². The Morgan fingerprint density at radius 3 is 2.91 bits per heavy atom. The van der Waals surface area contributed by atoms with Crippen LogP contribution >= 0.6 is 0 Å². The molecule has 0 aliphatic carbocycles. The largest absolute Gasteiger partial charge is 0.380 e. The number of hydrogen-bond donors (Lipinski definition) is 1. The van der Waals surface area contributed by atoms with Gasteiger partial charge in [-0.15, -0.1) is 0 Å². The van der Waals surface area contributed by atoms with Crippen molar-refractivity contribution in [2.45, 2.75) is 13.2 Å². The summed E-state index contributed by atoms with van der Waals surface area (Å²) in [5, 5.41) is 3.51. The summed E-state index contributed by atoms with van der Waals surface area (Å²) in [6.45, 7) is 4.51. The van der Waals surface area contributed by atoms with Crippen molar-refractivity contribution < 1.29 is 9.47 Å². The molecule has 6 rings (SSSR count). The average Bonchev–Trinajstić information content (AvgIpc) is 3.54. The molecule has 34 heavy (non-hydrogen) atoms. The Labute approximate surface area is 197 Å². The van der Waals surface area contributed by atoms with Gasteiger partial charge in [-0.1, -0.05) is 12.1 Å². The first-order valence-electron chi connectivity index (χ1n) is 11.5. The summed E-state index contributed by atoms with van der Waals surface area (Å²) in [5.74, 6) is 0.710. The maximum atomic E-state index is 5.52. The Bertz CT molecular complexity index is 1370. The normalized spacial score (nSPS) is 15.1. The first-order chi connectivity index (χ1) is 16.8. The molecule has 0 radical (unpaired) electrons. The van der Waals surface area contributed by atoms with Crippen molar-refractivity contribution in [1.29, 1.82) is 0 Å². The lowest BCUT2D eigenvalue weighted by atomic mass is 10.0. The number of anilines is 3. The fourth-order valence-corrected chi connectivity index (χ4v) is 4.61.